The molecule has 66 heavy (non-hydrogen) atoms. The summed E-state index contributed by atoms with van der Waals surface area (Å²) in [7, 11) is 0. The van der Waals surface area contributed by atoms with E-state index in [1.54, 1.807) is 80.5 Å². The number of carboxylic acid groups (broad SMARTS) is 1. The fraction of sp³-hybridized carbons (Fsp3) is 0.326. The van der Waals surface area contributed by atoms with Crippen LogP contribution in [0.1, 0.15) is 96.8 Å². The van der Waals surface area contributed by atoms with Gasteiger partial charge in [-0.25, -0.2) is 44.4 Å². The number of aliphatic hydroxyl groups excluding tert-OH is 1. The van der Waals surface area contributed by atoms with E-state index in [-0.39, 0.29) is 67.8 Å². The number of Topliss-reactive ketones (excluding diaryl/α,β-unsaturated/α-hetero) is 1. The summed E-state index contributed by atoms with van der Waals surface area (Å²) in [6.07, 6.45) is 5.16. The van der Waals surface area contributed by atoms with Crippen LogP contribution in [0.2, 0.25) is 0 Å². The van der Waals surface area contributed by atoms with Crippen LogP contribution in [0.15, 0.2) is 71.3 Å². The molecule has 6 heterocycles. The molecule has 0 saturated heterocycles. The lowest BCUT2D eigenvalue weighted by Gasteiger charge is -2.30. The van der Waals surface area contributed by atoms with Crippen LogP contribution >= 0.6 is 0 Å². The lowest BCUT2D eigenvalue weighted by Crippen LogP contribution is -2.46. The van der Waals surface area contributed by atoms with E-state index >= 15 is 0 Å². The molecule has 2 amide bonds. The summed E-state index contributed by atoms with van der Waals surface area (Å²) in [6, 6.07) is 6.50. The molecule has 342 valence electrons. The minimum atomic E-state index is -2.87. The normalized spacial score (nSPS) is 14.0. The Morgan fingerprint density at radius 2 is 1.24 bits per heavy atom. The lowest BCUT2D eigenvalue weighted by atomic mass is 10.0. The molecule has 8 rings (SSSR count). The van der Waals surface area contributed by atoms with E-state index in [0.717, 1.165) is 4.90 Å². The van der Waals surface area contributed by atoms with E-state index in [0.29, 0.717) is 36.9 Å². The Balaban J connectivity index is 0.000000211. The molecule has 0 bridgehead atoms. The summed E-state index contributed by atoms with van der Waals surface area (Å²) >= 11 is 0. The SMILES string of the molecule is [2H]C([2H])([2H])n1c(=O)c2cc(C)cc(C(C)=O)c2n2cnc(-c3cnc(N(C(=O)O)C(C)(C)C)nc3)c12.[2H]C([2H])([2H])n1c(=O)c2cc(C)cc(C(C)O)c2n2cnc(-c3cnc(NC(=O)OC(C)(C)C)nc3)c12. The molecule has 20 heteroatoms. The molecule has 2 aromatic carbocycles. The molecule has 8 aromatic rings. The van der Waals surface area contributed by atoms with Crippen LogP contribution in [-0.2, 0) is 18.7 Å². The van der Waals surface area contributed by atoms with Gasteiger partial charge in [-0.3, -0.25) is 37.6 Å². The van der Waals surface area contributed by atoms with Crippen molar-refractivity contribution in [2.75, 3.05) is 10.2 Å². The Labute approximate surface area is 385 Å². The maximum absolute atomic E-state index is 13.5. The Hall–Kier alpha value is -7.87. The highest BCUT2D eigenvalue weighted by molar-refractivity contribution is 6.06. The molecule has 0 fully saturated rings. The van der Waals surface area contributed by atoms with Crippen molar-refractivity contribution in [3.63, 3.8) is 0 Å². The van der Waals surface area contributed by atoms with E-state index in [1.807, 2.05) is 0 Å². The van der Waals surface area contributed by atoms with Gasteiger partial charge in [0, 0.05) is 74.8 Å². The molecule has 0 spiro atoms. The predicted molar refractivity (Wildman–Crippen MR) is 248 cm³/mol. The monoisotopic (exact) mass is 904 g/mol. The first-order valence-corrected chi connectivity index (χ1v) is 20.3. The van der Waals surface area contributed by atoms with Gasteiger partial charge >= 0.3 is 12.2 Å². The zero-order chi connectivity index (χ0) is 53.3. The minimum Gasteiger partial charge on any atom is -0.465 e. The molecule has 1 atom stereocenters. The number of hydrogen-bond acceptors (Lipinski definition) is 13. The smallest absolute Gasteiger partial charge is 0.414 e. The highest BCUT2D eigenvalue weighted by Crippen LogP contribution is 2.31. The number of carbonyl (C=O) groups excluding carboxylic acids is 2. The molecular weight excluding hydrogens is 849 g/mol. The molecule has 0 radical (unpaired) electrons. The standard InChI is InChI=1S/C23H26N6O4.C23H24N6O4/c1-12-7-15(13(2)30)18-16(8-12)20(31)28(6)19-17(26-11-29(18)19)14-9-24-21(25-10-14)27-22(32)33-23(3,4)5;1-12-7-15(13(2)30)18-16(8-12)20(31)27(6)19-17(26-11-28(18)19)14-9-24-21(25-10-14)29(22(32)33)23(3,4)5/h7-11,13,30H,1-6H3,(H,24,25,27,32);7-11H,1-6H3,(H,32,33)/i2*6D3. The van der Waals surface area contributed by atoms with E-state index in [9.17, 15) is 34.2 Å². The van der Waals surface area contributed by atoms with Crippen molar-refractivity contribution in [1.29, 1.82) is 0 Å². The molecular formula is C46H50N12O8. The Bertz CT molecular complexity index is 3610. The van der Waals surface area contributed by atoms with Crippen LogP contribution < -0.4 is 21.3 Å². The number of nitrogens with zero attached hydrogens (tertiary/aromatic N) is 11. The number of benzene rings is 2. The quantitative estimate of drug-likeness (QED) is 0.146. The van der Waals surface area contributed by atoms with Crippen molar-refractivity contribution in [2.24, 2.45) is 14.0 Å². The number of fused-ring (bicyclic) bond motifs is 6. The second kappa shape index (κ2) is 16.9. The first-order valence-electron chi connectivity index (χ1n) is 23.3. The van der Waals surface area contributed by atoms with Gasteiger partial charge in [-0.15, -0.1) is 0 Å². The molecule has 0 saturated carbocycles. The Morgan fingerprint density at radius 3 is 1.70 bits per heavy atom. The lowest BCUT2D eigenvalue weighted by molar-refractivity contribution is 0.0634. The first-order chi connectivity index (χ1) is 33.3. The third kappa shape index (κ3) is 8.57. The second-order valence-corrected chi connectivity index (χ2v) is 17.5. The van der Waals surface area contributed by atoms with Gasteiger partial charge in [0.05, 0.1) is 27.9 Å². The number of nitrogens with one attached hydrogen (secondary N) is 1. The van der Waals surface area contributed by atoms with E-state index in [4.69, 9.17) is 13.0 Å². The average molecular weight is 905 g/mol. The molecule has 1 unspecified atom stereocenters. The number of anilines is 2. The van der Waals surface area contributed by atoms with Gasteiger partial charge in [0.15, 0.2) is 5.78 Å². The molecule has 0 aliphatic rings. The van der Waals surface area contributed by atoms with Gasteiger partial charge in [-0.05, 0) is 98.6 Å². The summed E-state index contributed by atoms with van der Waals surface area (Å²) in [5, 5.41) is 22.6. The van der Waals surface area contributed by atoms with Gasteiger partial charge in [0.2, 0.25) is 11.9 Å². The summed E-state index contributed by atoms with van der Waals surface area (Å²) in [5.41, 5.74) is 0.316. The molecule has 6 aromatic heterocycles. The zero-order valence-electron chi connectivity index (χ0n) is 43.6. The van der Waals surface area contributed by atoms with Gasteiger partial charge in [0.25, 0.3) is 11.1 Å². The molecule has 0 aliphatic carbocycles. The number of aliphatic hydroxyl groups is 1. The maximum atomic E-state index is 13.5. The van der Waals surface area contributed by atoms with Gasteiger partial charge in [-0.1, -0.05) is 6.07 Å². The van der Waals surface area contributed by atoms with Crippen molar-refractivity contribution >= 4 is 63.0 Å². The van der Waals surface area contributed by atoms with Crippen LogP contribution in [0.3, 0.4) is 0 Å². The fourth-order valence-electron chi connectivity index (χ4n) is 7.45. The van der Waals surface area contributed by atoms with Crippen molar-refractivity contribution in [1.82, 2.24) is 47.8 Å². The number of imidazole rings is 2. The van der Waals surface area contributed by atoms with Crippen LogP contribution in [0.4, 0.5) is 21.5 Å². The summed E-state index contributed by atoms with van der Waals surface area (Å²) in [6.45, 7) is 10.9. The largest absolute Gasteiger partial charge is 0.465 e. The highest BCUT2D eigenvalue weighted by atomic mass is 16.6. The number of ether oxygens (including phenoxy) is 1. The van der Waals surface area contributed by atoms with Gasteiger partial charge < -0.3 is 14.9 Å². The van der Waals surface area contributed by atoms with Gasteiger partial charge in [-0.2, -0.15) is 0 Å². The van der Waals surface area contributed by atoms with Crippen molar-refractivity contribution in [3.05, 3.63) is 105 Å². The van der Waals surface area contributed by atoms with E-state index < -0.39 is 54.5 Å². The number of carbonyl (C=O) groups is 3. The first kappa shape index (κ1) is 38.6. The maximum Gasteiger partial charge on any atom is 0.414 e. The van der Waals surface area contributed by atoms with E-state index in [2.05, 4.69) is 35.2 Å². The molecule has 0 aliphatic heterocycles. The molecule has 20 nitrogen and oxygen atoms in total. The Kier molecular flexibility index (Phi) is 9.89. The van der Waals surface area contributed by atoms with E-state index in [1.165, 1.54) is 59.2 Å². The van der Waals surface area contributed by atoms with Crippen molar-refractivity contribution < 1.29 is 37.6 Å². The second-order valence-electron chi connectivity index (χ2n) is 17.5. The number of rotatable bonds is 6. The number of amides is 2. The summed E-state index contributed by atoms with van der Waals surface area (Å²) in [5.74, 6) is -0.396. The average Bonchev–Trinajstić information content (AvgIpc) is 3.87. The zero-order valence-corrected chi connectivity index (χ0v) is 37.6. The fourth-order valence-corrected chi connectivity index (χ4v) is 7.45. The minimum absolute atomic E-state index is 0.00490. The number of aromatic nitrogens is 10. The predicted octanol–water partition coefficient (Wildman–Crippen LogP) is 6.79. The van der Waals surface area contributed by atoms with Crippen molar-refractivity contribution in [3.8, 4) is 22.5 Å². The number of hydrogen-bond donors (Lipinski definition) is 3. The summed E-state index contributed by atoms with van der Waals surface area (Å²) < 4.78 is 57.8. The van der Waals surface area contributed by atoms with Crippen LogP contribution in [-0.4, -0.2) is 87.2 Å². The van der Waals surface area contributed by atoms with Crippen LogP contribution in [0.25, 0.3) is 55.6 Å². The Morgan fingerprint density at radius 1 is 0.758 bits per heavy atom. The number of aryl methyl sites for hydroxylation is 4. The van der Waals surface area contributed by atoms with Gasteiger partial charge in [0.1, 0.15) is 40.9 Å². The third-order valence-corrected chi connectivity index (χ3v) is 10.1. The third-order valence-electron chi connectivity index (χ3n) is 10.1. The number of ketones is 1. The van der Waals surface area contributed by atoms with Crippen LogP contribution in [0.5, 0.6) is 0 Å². The molecule has 3 N–H and O–H groups in total. The topological polar surface area (TPSA) is 246 Å². The highest BCUT2D eigenvalue weighted by Gasteiger charge is 2.30. The van der Waals surface area contributed by atoms with Crippen molar-refractivity contribution in [2.45, 2.75) is 86.5 Å². The summed E-state index contributed by atoms with van der Waals surface area (Å²) in [4.78, 5) is 89.4. The van der Waals surface area contributed by atoms with Crippen LogP contribution in [0, 0.1) is 13.8 Å².